The van der Waals surface area contributed by atoms with Gasteiger partial charge in [0.25, 0.3) is 0 Å². The standard InChI is InChI=1S/C18H24O2/c1-12(2)18(20)13(3)15-9-7-14(8-10-15)11-16-5-4-6-17(16)19/h7-10,12-13,16H,4-6,11H2,1-3H3/t13-,16?/m0/s1. The average Bonchev–Trinajstić information content (AvgIpc) is 2.83. The molecule has 2 heteroatoms. The summed E-state index contributed by atoms with van der Waals surface area (Å²) in [7, 11) is 0. The number of hydrogen-bond acceptors (Lipinski definition) is 2. The fourth-order valence-corrected chi connectivity index (χ4v) is 2.99. The first kappa shape index (κ1) is 15.0. The number of ketones is 2. The van der Waals surface area contributed by atoms with E-state index in [0.29, 0.717) is 5.78 Å². The molecule has 108 valence electrons. The third-order valence-corrected chi connectivity index (χ3v) is 4.39. The Morgan fingerprint density at radius 2 is 1.85 bits per heavy atom. The summed E-state index contributed by atoms with van der Waals surface area (Å²) in [5.74, 6) is 0.940. The van der Waals surface area contributed by atoms with E-state index in [-0.39, 0.29) is 23.5 Å². The summed E-state index contributed by atoms with van der Waals surface area (Å²) in [5.41, 5.74) is 2.28. The second-order valence-electron chi connectivity index (χ2n) is 6.28. The summed E-state index contributed by atoms with van der Waals surface area (Å²) in [6.45, 7) is 5.86. The highest BCUT2D eigenvalue weighted by Gasteiger charge is 2.24. The van der Waals surface area contributed by atoms with Gasteiger partial charge in [0.1, 0.15) is 11.6 Å². The smallest absolute Gasteiger partial charge is 0.142 e. The molecule has 2 rings (SSSR count). The Morgan fingerprint density at radius 1 is 1.20 bits per heavy atom. The molecule has 0 amide bonds. The summed E-state index contributed by atoms with van der Waals surface area (Å²) in [6.07, 6.45) is 3.68. The molecule has 0 N–H and O–H groups in total. The SMILES string of the molecule is CC(C)C(=O)[C@@H](C)c1ccc(CC2CCCC2=O)cc1. The summed E-state index contributed by atoms with van der Waals surface area (Å²) in [6, 6.07) is 8.23. The van der Waals surface area contributed by atoms with Crippen LogP contribution in [-0.2, 0) is 16.0 Å². The average molecular weight is 272 g/mol. The number of carbonyl (C=O) groups excluding carboxylic acids is 2. The molecule has 1 aliphatic carbocycles. The zero-order valence-corrected chi connectivity index (χ0v) is 12.7. The first-order valence-electron chi connectivity index (χ1n) is 7.64. The Balaban J connectivity index is 2.02. The van der Waals surface area contributed by atoms with Gasteiger partial charge in [-0.2, -0.15) is 0 Å². The Labute approximate surface area is 121 Å². The Bertz CT molecular complexity index is 485. The van der Waals surface area contributed by atoms with E-state index in [1.165, 1.54) is 5.56 Å². The van der Waals surface area contributed by atoms with Crippen LogP contribution < -0.4 is 0 Å². The molecule has 1 aliphatic rings. The van der Waals surface area contributed by atoms with Crippen molar-refractivity contribution in [2.45, 2.75) is 52.4 Å². The molecule has 1 saturated carbocycles. The highest BCUT2D eigenvalue weighted by atomic mass is 16.1. The third-order valence-electron chi connectivity index (χ3n) is 4.39. The molecule has 0 heterocycles. The van der Waals surface area contributed by atoms with Crippen molar-refractivity contribution >= 4 is 11.6 Å². The molecule has 2 atom stereocenters. The van der Waals surface area contributed by atoms with Gasteiger partial charge in [-0.05, 0) is 30.4 Å². The lowest BCUT2D eigenvalue weighted by Crippen LogP contribution is -2.15. The quantitative estimate of drug-likeness (QED) is 0.814. The molecule has 2 nitrogen and oxygen atoms in total. The topological polar surface area (TPSA) is 34.1 Å². The summed E-state index contributed by atoms with van der Waals surface area (Å²) in [4.78, 5) is 23.7. The van der Waals surface area contributed by atoms with E-state index in [9.17, 15) is 9.59 Å². The molecule has 0 aromatic heterocycles. The maximum Gasteiger partial charge on any atom is 0.142 e. The number of hydrogen-bond donors (Lipinski definition) is 0. The fourth-order valence-electron chi connectivity index (χ4n) is 2.99. The lowest BCUT2D eigenvalue weighted by Gasteiger charge is -2.14. The molecule has 1 fully saturated rings. The molecule has 0 bridgehead atoms. The van der Waals surface area contributed by atoms with Crippen LogP contribution in [0.15, 0.2) is 24.3 Å². The van der Waals surface area contributed by atoms with Gasteiger partial charge in [0.05, 0.1) is 0 Å². The van der Waals surface area contributed by atoms with Gasteiger partial charge in [-0.25, -0.2) is 0 Å². The molecule has 20 heavy (non-hydrogen) atoms. The van der Waals surface area contributed by atoms with Crippen molar-refractivity contribution < 1.29 is 9.59 Å². The van der Waals surface area contributed by atoms with Crippen LogP contribution in [0.25, 0.3) is 0 Å². The van der Waals surface area contributed by atoms with Gasteiger partial charge < -0.3 is 0 Å². The molecule has 1 unspecified atom stereocenters. The minimum Gasteiger partial charge on any atom is -0.299 e. The van der Waals surface area contributed by atoms with Crippen LogP contribution in [-0.4, -0.2) is 11.6 Å². The van der Waals surface area contributed by atoms with Crippen LogP contribution in [0.5, 0.6) is 0 Å². The highest BCUT2D eigenvalue weighted by molar-refractivity contribution is 5.87. The molecule has 1 aromatic rings. The van der Waals surface area contributed by atoms with Crippen molar-refractivity contribution in [2.24, 2.45) is 11.8 Å². The van der Waals surface area contributed by atoms with Crippen LogP contribution in [0, 0.1) is 11.8 Å². The molecular formula is C18H24O2. The Hall–Kier alpha value is -1.44. The van der Waals surface area contributed by atoms with Gasteiger partial charge in [0.2, 0.25) is 0 Å². The van der Waals surface area contributed by atoms with Crippen LogP contribution in [0.3, 0.4) is 0 Å². The monoisotopic (exact) mass is 272 g/mol. The van der Waals surface area contributed by atoms with E-state index in [4.69, 9.17) is 0 Å². The number of benzene rings is 1. The number of Topliss-reactive ketones (excluding diaryl/α,β-unsaturated/α-hetero) is 2. The molecule has 1 aromatic carbocycles. The Morgan fingerprint density at radius 3 is 2.35 bits per heavy atom. The fraction of sp³-hybridized carbons (Fsp3) is 0.556. The van der Waals surface area contributed by atoms with E-state index in [0.717, 1.165) is 31.2 Å². The minimum absolute atomic E-state index is 0.0443. The van der Waals surface area contributed by atoms with E-state index in [1.54, 1.807) is 0 Å². The lowest BCUT2D eigenvalue weighted by molar-refractivity contribution is -0.123. The zero-order chi connectivity index (χ0) is 14.7. The van der Waals surface area contributed by atoms with Crippen molar-refractivity contribution in [3.05, 3.63) is 35.4 Å². The summed E-state index contributed by atoms with van der Waals surface area (Å²) >= 11 is 0. The first-order chi connectivity index (χ1) is 9.49. The maximum absolute atomic E-state index is 12.0. The number of rotatable bonds is 5. The van der Waals surface area contributed by atoms with Crippen LogP contribution in [0.4, 0.5) is 0 Å². The molecular weight excluding hydrogens is 248 g/mol. The van der Waals surface area contributed by atoms with E-state index < -0.39 is 0 Å². The zero-order valence-electron chi connectivity index (χ0n) is 12.7. The van der Waals surface area contributed by atoms with Gasteiger partial charge in [0.15, 0.2) is 0 Å². The van der Waals surface area contributed by atoms with Crippen molar-refractivity contribution in [3.63, 3.8) is 0 Å². The molecule has 0 aliphatic heterocycles. The molecule has 0 spiro atoms. The predicted molar refractivity (Wildman–Crippen MR) is 80.8 cm³/mol. The van der Waals surface area contributed by atoms with Gasteiger partial charge in [0, 0.05) is 24.2 Å². The summed E-state index contributed by atoms with van der Waals surface area (Å²) in [5, 5.41) is 0. The Kier molecular flexibility index (Phi) is 4.74. The molecule has 0 radical (unpaired) electrons. The predicted octanol–water partition coefficient (Wildman–Crippen LogP) is 3.93. The number of carbonyl (C=O) groups is 2. The normalized spacial score (nSPS) is 20.4. The van der Waals surface area contributed by atoms with Crippen LogP contribution in [0.1, 0.15) is 57.1 Å². The second-order valence-corrected chi connectivity index (χ2v) is 6.28. The van der Waals surface area contributed by atoms with E-state index >= 15 is 0 Å². The highest BCUT2D eigenvalue weighted by Crippen LogP contribution is 2.26. The van der Waals surface area contributed by atoms with Crippen molar-refractivity contribution in [1.82, 2.24) is 0 Å². The van der Waals surface area contributed by atoms with Crippen molar-refractivity contribution in [3.8, 4) is 0 Å². The summed E-state index contributed by atoms with van der Waals surface area (Å²) < 4.78 is 0. The van der Waals surface area contributed by atoms with Gasteiger partial charge in [-0.3, -0.25) is 9.59 Å². The second kappa shape index (κ2) is 6.34. The third kappa shape index (κ3) is 3.36. The maximum atomic E-state index is 12.0. The van der Waals surface area contributed by atoms with Crippen molar-refractivity contribution in [2.75, 3.05) is 0 Å². The van der Waals surface area contributed by atoms with Crippen molar-refractivity contribution in [1.29, 1.82) is 0 Å². The van der Waals surface area contributed by atoms with E-state index in [1.807, 2.05) is 32.9 Å². The van der Waals surface area contributed by atoms with Gasteiger partial charge in [-0.1, -0.05) is 45.0 Å². The van der Waals surface area contributed by atoms with Gasteiger partial charge in [-0.15, -0.1) is 0 Å². The minimum atomic E-state index is -0.0443. The van der Waals surface area contributed by atoms with Gasteiger partial charge >= 0.3 is 0 Å². The van der Waals surface area contributed by atoms with Crippen LogP contribution >= 0.6 is 0 Å². The van der Waals surface area contributed by atoms with E-state index in [2.05, 4.69) is 12.1 Å². The largest absolute Gasteiger partial charge is 0.299 e. The molecule has 0 saturated heterocycles. The lowest BCUT2D eigenvalue weighted by atomic mass is 9.89. The van der Waals surface area contributed by atoms with Crippen LogP contribution in [0.2, 0.25) is 0 Å². The first-order valence-corrected chi connectivity index (χ1v) is 7.64.